The first-order valence-corrected chi connectivity index (χ1v) is 11.2. The van der Waals surface area contributed by atoms with Crippen LogP contribution in [-0.2, 0) is 26.4 Å². The molecule has 0 bridgehead atoms. The van der Waals surface area contributed by atoms with Crippen LogP contribution in [0.5, 0.6) is 0 Å². The molecule has 146 valence electrons. The highest BCUT2D eigenvalue weighted by Crippen LogP contribution is 2.20. The summed E-state index contributed by atoms with van der Waals surface area (Å²) >= 11 is 0. The summed E-state index contributed by atoms with van der Waals surface area (Å²) in [6, 6.07) is 11.6. The Bertz CT molecular complexity index is 1030. The highest BCUT2D eigenvalue weighted by atomic mass is 32.2. The molecule has 0 fully saturated rings. The van der Waals surface area contributed by atoms with Crippen LogP contribution in [0.25, 0.3) is 0 Å². The normalized spacial score (nSPS) is 12.0. The van der Waals surface area contributed by atoms with E-state index < -0.39 is 25.9 Å². The number of sulfone groups is 1. The Morgan fingerprint density at radius 1 is 0.963 bits per heavy atom. The van der Waals surface area contributed by atoms with Crippen LogP contribution in [0.2, 0.25) is 0 Å². The van der Waals surface area contributed by atoms with Crippen molar-refractivity contribution < 1.29 is 21.6 Å². The van der Waals surface area contributed by atoms with Crippen molar-refractivity contribution in [2.75, 3.05) is 25.7 Å². The number of rotatable bonds is 6. The van der Waals surface area contributed by atoms with Gasteiger partial charge in [-0.25, -0.2) is 25.9 Å². The lowest BCUT2D eigenvalue weighted by atomic mass is 10.2. The van der Waals surface area contributed by atoms with Gasteiger partial charge < -0.3 is 10.6 Å². The molecule has 0 saturated heterocycles. The monoisotopic (exact) mass is 411 g/mol. The van der Waals surface area contributed by atoms with Crippen LogP contribution < -0.4 is 10.6 Å². The fraction of sp³-hybridized carbons (Fsp3) is 0.235. The fourth-order valence-electron chi connectivity index (χ4n) is 2.23. The minimum absolute atomic E-state index is 0.0263. The van der Waals surface area contributed by atoms with Crippen molar-refractivity contribution >= 4 is 31.6 Å². The first-order chi connectivity index (χ1) is 12.5. The number of carbonyl (C=O) groups is 1. The Labute approximate surface area is 159 Å². The average Bonchev–Trinajstić information content (AvgIpc) is 2.59. The van der Waals surface area contributed by atoms with E-state index in [-0.39, 0.29) is 22.0 Å². The van der Waals surface area contributed by atoms with Crippen LogP contribution in [0.4, 0.5) is 10.5 Å². The predicted molar refractivity (Wildman–Crippen MR) is 103 cm³/mol. The number of amides is 2. The second kappa shape index (κ2) is 8.07. The van der Waals surface area contributed by atoms with Gasteiger partial charge in [-0.2, -0.15) is 0 Å². The van der Waals surface area contributed by atoms with E-state index in [2.05, 4.69) is 10.6 Å². The van der Waals surface area contributed by atoms with Crippen LogP contribution >= 0.6 is 0 Å². The number of hydrogen-bond acceptors (Lipinski definition) is 5. The number of nitrogens with zero attached hydrogens (tertiary/aromatic N) is 1. The summed E-state index contributed by atoms with van der Waals surface area (Å²) in [4.78, 5) is 12.2. The van der Waals surface area contributed by atoms with E-state index in [9.17, 15) is 21.6 Å². The van der Waals surface area contributed by atoms with Crippen LogP contribution in [0, 0.1) is 0 Å². The maximum atomic E-state index is 12.1. The molecule has 8 nitrogen and oxygen atoms in total. The molecule has 0 saturated carbocycles. The molecule has 0 heterocycles. The van der Waals surface area contributed by atoms with Crippen molar-refractivity contribution in [3.05, 3.63) is 54.1 Å². The van der Waals surface area contributed by atoms with E-state index in [1.807, 2.05) is 0 Å². The van der Waals surface area contributed by atoms with E-state index in [0.717, 1.165) is 10.6 Å². The molecule has 10 heteroatoms. The Morgan fingerprint density at radius 3 is 2.11 bits per heavy atom. The third-order valence-electron chi connectivity index (χ3n) is 3.69. The zero-order chi connectivity index (χ0) is 20.2. The number of benzene rings is 2. The molecule has 0 aromatic heterocycles. The summed E-state index contributed by atoms with van der Waals surface area (Å²) in [6.45, 7) is 0.148. The zero-order valence-corrected chi connectivity index (χ0v) is 16.8. The van der Waals surface area contributed by atoms with Gasteiger partial charge in [-0.3, -0.25) is 0 Å². The number of hydrogen-bond donors (Lipinski definition) is 2. The molecule has 2 aromatic rings. The van der Waals surface area contributed by atoms with E-state index in [0.29, 0.717) is 5.56 Å². The van der Waals surface area contributed by atoms with Gasteiger partial charge in [-0.05, 0) is 29.8 Å². The van der Waals surface area contributed by atoms with Gasteiger partial charge in [0, 0.05) is 26.9 Å². The predicted octanol–water partition coefficient (Wildman–Crippen LogP) is 1.66. The van der Waals surface area contributed by atoms with E-state index >= 15 is 0 Å². The van der Waals surface area contributed by atoms with Crippen molar-refractivity contribution in [3.8, 4) is 0 Å². The summed E-state index contributed by atoms with van der Waals surface area (Å²) in [5.41, 5.74) is 0.879. The zero-order valence-electron chi connectivity index (χ0n) is 15.1. The molecule has 0 radical (unpaired) electrons. The second-order valence-corrected chi connectivity index (χ2v) is 10.1. The largest absolute Gasteiger partial charge is 0.334 e. The molecule has 2 N–H and O–H groups in total. The lowest BCUT2D eigenvalue weighted by Gasteiger charge is -2.12. The summed E-state index contributed by atoms with van der Waals surface area (Å²) in [6.07, 6.45) is 1.06. The van der Waals surface area contributed by atoms with Gasteiger partial charge in [0.15, 0.2) is 9.84 Å². The summed E-state index contributed by atoms with van der Waals surface area (Å²) in [5.74, 6) is 0. The van der Waals surface area contributed by atoms with Gasteiger partial charge >= 0.3 is 6.03 Å². The Kier molecular flexibility index (Phi) is 6.24. The molecule has 0 aliphatic heterocycles. The summed E-state index contributed by atoms with van der Waals surface area (Å²) in [7, 11) is -4.09. The molecule has 2 aromatic carbocycles. The van der Waals surface area contributed by atoms with Crippen molar-refractivity contribution in [2.24, 2.45) is 0 Å². The first kappa shape index (κ1) is 20.9. The number of urea groups is 1. The van der Waals surface area contributed by atoms with Crippen LogP contribution in [0.15, 0.2) is 58.3 Å². The van der Waals surface area contributed by atoms with Gasteiger partial charge in [0.05, 0.1) is 15.5 Å². The van der Waals surface area contributed by atoms with Gasteiger partial charge in [-0.1, -0.05) is 24.3 Å². The highest BCUT2D eigenvalue weighted by molar-refractivity contribution is 7.91. The van der Waals surface area contributed by atoms with E-state index in [1.54, 1.807) is 24.3 Å². The Balaban J connectivity index is 2.03. The molecule has 0 aliphatic rings. The second-order valence-electron chi connectivity index (χ2n) is 6.01. The SMILES string of the molecule is CN(C)S(=O)(=O)c1ccc(CNC(=O)Nc2ccccc2S(C)(=O)=O)cc1. The van der Waals surface area contributed by atoms with Gasteiger partial charge in [0.25, 0.3) is 0 Å². The van der Waals surface area contributed by atoms with Crippen molar-refractivity contribution in [1.82, 2.24) is 9.62 Å². The number of carbonyl (C=O) groups excluding carboxylic acids is 1. The third-order valence-corrected chi connectivity index (χ3v) is 6.67. The van der Waals surface area contributed by atoms with Gasteiger partial charge in [0.2, 0.25) is 10.0 Å². The maximum absolute atomic E-state index is 12.1. The Hall–Kier alpha value is -2.43. The van der Waals surface area contributed by atoms with Crippen molar-refractivity contribution in [1.29, 1.82) is 0 Å². The van der Waals surface area contributed by atoms with Gasteiger partial charge in [0.1, 0.15) is 0 Å². The lowest BCUT2D eigenvalue weighted by Crippen LogP contribution is -2.28. The topological polar surface area (TPSA) is 113 Å². The Morgan fingerprint density at radius 2 is 1.56 bits per heavy atom. The molecule has 0 atom stereocenters. The summed E-state index contributed by atoms with van der Waals surface area (Å²) in [5, 5.41) is 5.11. The molecule has 2 amide bonds. The van der Waals surface area contributed by atoms with Crippen molar-refractivity contribution in [2.45, 2.75) is 16.3 Å². The smallest absolute Gasteiger partial charge is 0.319 e. The van der Waals surface area contributed by atoms with E-state index in [4.69, 9.17) is 0 Å². The van der Waals surface area contributed by atoms with Gasteiger partial charge in [-0.15, -0.1) is 0 Å². The molecule has 0 unspecified atom stereocenters. The maximum Gasteiger partial charge on any atom is 0.319 e. The van der Waals surface area contributed by atoms with Crippen LogP contribution in [-0.4, -0.2) is 47.5 Å². The number of nitrogens with one attached hydrogen (secondary N) is 2. The van der Waals surface area contributed by atoms with Crippen LogP contribution in [0.3, 0.4) is 0 Å². The molecule has 2 rings (SSSR count). The summed E-state index contributed by atoms with van der Waals surface area (Å²) < 4.78 is 48.7. The lowest BCUT2D eigenvalue weighted by molar-refractivity contribution is 0.251. The standard InChI is InChI=1S/C17H21N3O5S2/c1-20(2)27(24,25)14-10-8-13(9-11-14)12-18-17(21)19-15-6-4-5-7-16(15)26(3,22)23/h4-11H,12H2,1-3H3,(H2,18,19,21). The molecule has 0 spiro atoms. The third kappa shape index (κ3) is 5.28. The molecular formula is C17H21N3O5S2. The van der Waals surface area contributed by atoms with Crippen molar-refractivity contribution in [3.63, 3.8) is 0 Å². The average molecular weight is 412 g/mol. The molecular weight excluding hydrogens is 390 g/mol. The fourth-order valence-corrected chi connectivity index (χ4v) is 3.98. The first-order valence-electron chi connectivity index (χ1n) is 7.87. The minimum atomic E-state index is -3.51. The minimum Gasteiger partial charge on any atom is -0.334 e. The molecule has 0 aliphatic carbocycles. The highest BCUT2D eigenvalue weighted by Gasteiger charge is 2.17. The molecule has 27 heavy (non-hydrogen) atoms. The van der Waals surface area contributed by atoms with E-state index in [1.165, 1.54) is 38.4 Å². The number of sulfonamides is 1. The number of para-hydroxylation sites is 1. The number of anilines is 1. The quantitative estimate of drug-likeness (QED) is 0.751. The van der Waals surface area contributed by atoms with Crippen LogP contribution in [0.1, 0.15) is 5.56 Å².